The fourth-order valence-corrected chi connectivity index (χ4v) is 3.68. The lowest BCUT2D eigenvalue weighted by Crippen LogP contribution is -2.25. The number of carbonyl (C=O) groups is 1. The second-order valence-corrected chi connectivity index (χ2v) is 7.76. The van der Waals surface area contributed by atoms with Crippen molar-refractivity contribution in [2.24, 2.45) is 0 Å². The fourth-order valence-electron chi connectivity index (χ4n) is 3.38. The lowest BCUT2D eigenvalue weighted by atomic mass is 10.1. The fraction of sp³-hybridized carbons (Fsp3) is 0.174. The van der Waals surface area contributed by atoms with Gasteiger partial charge in [-0.25, -0.2) is 9.50 Å². The molecule has 32 heavy (non-hydrogen) atoms. The van der Waals surface area contributed by atoms with E-state index in [1.807, 2.05) is 24.3 Å². The van der Waals surface area contributed by atoms with Gasteiger partial charge in [0.05, 0.1) is 36.2 Å². The summed E-state index contributed by atoms with van der Waals surface area (Å²) >= 11 is 12.2. The Morgan fingerprint density at radius 3 is 2.59 bits per heavy atom. The number of nitrogens with zero attached hydrogens (tertiary/aromatic N) is 3. The van der Waals surface area contributed by atoms with E-state index < -0.39 is 0 Å². The predicted octanol–water partition coefficient (Wildman–Crippen LogP) is 4.69. The molecule has 0 aliphatic heterocycles. The van der Waals surface area contributed by atoms with Crippen molar-refractivity contribution in [2.75, 3.05) is 20.8 Å². The van der Waals surface area contributed by atoms with E-state index in [4.69, 9.17) is 32.7 Å². The van der Waals surface area contributed by atoms with Gasteiger partial charge in [-0.1, -0.05) is 35.3 Å². The zero-order valence-electron chi connectivity index (χ0n) is 17.4. The molecule has 7 nitrogen and oxygen atoms in total. The van der Waals surface area contributed by atoms with Gasteiger partial charge >= 0.3 is 0 Å². The van der Waals surface area contributed by atoms with Crippen LogP contribution >= 0.6 is 23.2 Å². The van der Waals surface area contributed by atoms with Crippen LogP contribution in [0.1, 0.15) is 15.9 Å². The number of aromatic nitrogens is 3. The largest absolute Gasteiger partial charge is 0.493 e. The Labute approximate surface area is 194 Å². The minimum Gasteiger partial charge on any atom is -0.493 e. The Morgan fingerprint density at radius 1 is 1.03 bits per heavy atom. The van der Waals surface area contributed by atoms with E-state index in [-0.39, 0.29) is 5.91 Å². The molecular formula is C23H20Cl2N4O3. The summed E-state index contributed by atoms with van der Waals surface area (Å²) in [4.78, 5) is 17.1. The van der Waals surface area contributed by atoms with Crippen molar-refractivity contribution in [2.45, 2.75) is 6.42 Å². The number of hydrogen-bond acceptors (Lipinski definition) is 5. The number of ether oxygens (including phenoxy) is 2. The topological polar surface area (TPSA) is 77.8 Å². The highest BCUT2D eigenvalue weighted by atomic mass is 35.5. The maximum Gasteiger partial charge on any atom is 0.256 e. The molecule has 2 aromatic carbocycles. The number of benzene rings is 2. The Bertz CT molecular complexity index is 1290. The first-order valence-corrected chi connectivity index (χ1v) is 10.5. The molecule has 2 aromatic heterocycles. The van der Waals surface area contributed by atoms with Crippen LogP contribution in [-0.2, 0) is 6.42 Å². The number of carbonyl (C=O) groups excluding carboxylic acids is 1. The molecule has 9 heteroatoms. The van der Waals surface area contributed by atoms with E-state index >= 15 is 0 Å². The van der Waals surface area contributed by atoms with Crippen molar-refractivity contribution in [3.05, 3.63) is 76.0 Å². The SMILES string of the molecule is COc1ccc(CCNC(=O)c2cnn3c(-c4ccc(Cl)c(Cl)c4)ccnc23)cc1OC. The summed E-state index contributed by atoms with van der Waals surface area (Å²) in [7, 11) is 3.18. The number of methoxy groups -OCH3 is 2. The van der Waals surface area contributed by atoms with Crippen LogP contribution in [-0.4, -0.2) is 41.3 Å². The second kappa shape index (κ2) is 9.46. The maximum atomic E-state index is 12.8. The number of nitrogens with one attached hydrogen (secondary N) is 1. The van der Waals surface area contributed by atoms with Gasteiger partial charge in [-0.3, -0.25) is 4.79 Å². The maximum absolute atomic E-state index is 12.8. The lowest BCUT2D eigenvalue weighted by molar-refractivity contribution is 0.0955. The van der Waals surface area contributed by atoms with Gasteiger partial charge in [0.1, 0.15) is 5.56 Å². The van der Waals surface area contributed by atoms with E-state index in [9.17, 15) is 4.79 Å². The molecular weight excluding hydrogens is 451 g/mol. The first-order valence-electron chi connectivity index (χ1n) is 9.79. The van der Waals surface area contributed by atoms with Crippen molar-refractivity contribution >= 4 is 34.8 Å². The average molecular weight is 471 g/mol. The van der Waals surface area contributed by atoms with Crippen LogP contribution < -0.4 is 14.8 Å². The van der Waals surface area contributed by atoms with Crippen molar-refractivity contribution in [3.8, 4) is 22.8 Å². The Kier molecular flexibility index (Phi) is 6.48. The number of fused-ring (bicyclic) bond motifs is 1. The highest BCUT2D eigenvalue weighted by Crippen LogP contribution is 2.29. The predicted molar refractivity (Wildman–Crippen MR) is 124 cm³/mol. The van der Waals surface area contributed by atoms with Crippen LogP contribution in [0.25, 0.3) is 16.9 Å². The minimum atomic E-state index is -0.251. The standard InChI is InChI=1S/C23H20Cl2N4O3/c1-31-20-6-3-14(11-21(20)32-2)7-9-27-23(30)16-13-28-29-19(8-10-26-22(16)29)15-4-5-17(24)18(25)12-15/h3-6,8,10-13H,7,9H2,1-2H3,(H,27,30). The van der Waals surface area contributed by atoms with Gasteiger partial charge in [-0.15, -0.1) is 0 Å². The van der Waals surface area contributed by atoms with E-state index in [0.29, 0.717) is 45.7 Å². The summed E-state index contributed by atoms with van der Waals surface area (Å²) in [6.45, 7) is 0.443. The van der Waals surface area contributed by atoms with Gasteiger partial charge in [0, 0.05) is 18.3 Å². The third-order valence-corrected chi connectivity index (χ3v) is 5.75. The monoisotopic (exact) mass is 470 g/mol. The molecule has 0 radical (unpaired) electrons. The van der Waals surface area contributed by atoms with E-state index in [0.717, 1.165) is 16.8 Å². The molecule has 0 aliphatic rings. The molecule has 0 unspecified atom stereocenters. The molecule has 4 aromatic rings. The van der Waals surface area contributed by atoms with E-state index in [1.165, 1.54) is 6.20 Å². The van der Waals surface area contributed by atoms with Gasteiger partial charge in [-0.2, -0.15) is 5.10 Å². The van der Waals surface area contributed by atoms with Gasteiger partial charge in [0.2, 0.25) is 0 Å². The number of halogens is 2. The summed E-state index contributed by atoms with van der Waals surface area (Å²) in [5.41, 5.74) is 3.42. The van der Waals surface area contributed by atoms with Crippen LogP contribution in [0, 0.1) is 0 Å². The van der Waals surface area contributed by atoms with Crippen LogP contribution in [0.2, 0.25) is 10.0 Å². The molecule has 0 atom stereocenters. The smallest absolute Gasteiger partial charge is 0.256 e. The van der Waals surface area contributed by atoms with Crippen molar-refractivity contribution in [3.63, 3.8) is 0 Å². The van der Waals surface area contributed by atoms with Gasteiger partial charge in [0.15, 0.2) is 17.1 Å². The zero-order valence-corrected chi connectivity index (χ0v) is 18.9. The third kappa shape index (κ3) is 4.35. The zero-order chi connectivity index (χ0) is 22.7. The summed E-state index contributed by atoms with van der Waals surface area (Å²) in [6.07, 6.45) is 3.78. The molecule has 0 spiro atoms. The number of hydrogen-bond donors (Lipinski definition) is 1. The Hall–Kier alpha value is -3.29. The number of rotatable bonds is 7. The highest BCUT2D eigenvalue weighted by molar-refractivity contribution is 6.42. The van der Waals surface area contributed by atoms with Crippen LogP contribution in [0.3, 0.4) is 0 Å². The Balaban J connectivity index is 1.50. The molecule has 2 heterocycles. The van der Waals surface area contributed by atoms with Crippen molar-refractivity contribution < 1.29 is 14.3 Å². The Morgan fingerprint density at radius 2 is 1.84 bits per heavy atom. The van der Waals surface area contributed by atoms with Gasteiger partial charge in [0.25, 0.3) is 5.91 Å². The molecule has 4 rings (SSSR count). The van der Waals surface area contributed by atoms with E-state index in [2.05, 4.69) is 15.4 Å². The first kappa shape index (κ1) is 21.9. The summed E-state index contributed by atoms with van der Waals surface area (Å²) in [5, 5.41) is 8.20. The molecule has 0 aliphatic carbocycles. The third-order valence-electron chi connectivity index (χ3n) is 5.01. The lowest BCUT2D eigenvalue weighted by Gasteiger charge is -2.10. The van der Waals surface area contributed by atoms with Crippen molar-refractivity contribution in [1.29, 1.82) is 0 Å². The van der Waals surface area contributed by atoms with Crippen LogP contribution in [0.5, 0.6) is 11.5 Å². The summed E-state index contributed by atoms with van der Waals surface area (Å²) < 4.78 is 12.2. The van der Waals surface area contributed by atoms with Crippen LogP contribution in [0.4, 0.5) is 0 Å². The summed E-state index contributed by atoms with van der Waals surface area (Å²) in [6, 6.07) is 12.8. The van der Waals surface area contributed by atoms with Gasteiger partial charge in [-0.05, 0) is 42.3 Å². The first-order chi connectivity index (χ1) is 15.5. The van der Waals surface area contributed by atoms with Crippen LogP contribution in [0.15, 0.2) is 54.9 Å². The highest BCUT2D eigenvalue weighted by Gasteiger charge is 2.16. The normalized spacial score (nSPS) is 10.9. The summed E-state index contributed by atoms with van der Waals surface area (Å²) in [5.74, 6) is 1.06. The second-order valence-electron chi connectivity index (χ2n) is 6.95. The van der Waals surface area contributed by atoms with Gasteiger partial charge < -0.3 is 14.8 Å². The molecule has 164 valence electrons. The molecule has 1 amide bonds. The molecule has 0 saturated heterocycles. The molecule has 1 N–H and O–H groups in total. The average Bonchev–Trinajstić information content (AvgIpc) is 3.25. The quantitative estimate of drug-likeness (QED) is 0.423. The molecule has 0 fully saturated rings. The van der Waals surface area contributed by atoms with E-state index in [1.54, 1.807) is 43.1 Å². The molecule has 0 saturated carbocycles. The molecule has 0 bridgehead atoms. The number of amides is 1. The minimum absolute atomic E-state index is 0.251. The van der Waals surface area contributed by atoms with Crippen molar-refractivity contribution in [1.82, 2.24) is 19.9 Å².